The van der Waals surface area contributed by atoms with E-state index in [1.165, 1.54) is 7.11 Å². The summed E-state index contributed by atoms with van der Waals surface area (Å²) in [6.45, 7) is 2.10. The quantitative estimate of drug-likeness (QED) is 0.184. The van der Waals surface area contributed by atoms with Crippen LogP contribution in [0.1, 0.15) is 24.2 Å². The van der Waals surface area contributed by atoms with E-state index in [0.717, 1.165) is 6.42 Å². The number of nitrogens with zero attached hydrogens (tertiary/aromatic N) is 5. The topological polar surface area (TPSA) is 155 Å². The average molecular weight is 681 g/mol. The normalized spacial score (nSPS) is 19.6. The largest absolute Gasteiger partial charge is 0.480 e. The van der Waals surface area contributed by atoms with E-state index in [0.29, 0.717) is 106 Å². The number of β-amino-alcohol motifs (C(OH)–C–C–N with tert-alkyl or cyclic N) is 2. The van der Waals surface area contributed by atoms with Crippen molar-refractivity contribution in [1.82, 2.24) is 35.5 Å². The SMILES string of the molecule is COc1nc(-c2cccc(-c3cccc(-c4cnc(CN5C[C@H](O)[C@@H](O)C5)c(OC)n4)c3Cl)c2Cl)cnc1CNC[C@@H]1CCC(=O)N1. The standard InChI is InChI=1S/C33H35Cl2N7O5/c1-46-32-25(12-36-11-18-9-10-29(45)39-18)37-13-23(40-32)21-7-3-5-19(30(21)34)20-6-4-8-22(31(20)35)24-14-38-26(33(41-24)47-2)15-42-16-27(43)28(44)17-42/h3-8,13-14,18,27-28,36,43-44H,9-12,15-17H2,1-2H3,(H,39,45)/t18-,27-,28-/m0/s1. The minimum absolute atomic E-state index is 0.0761. The summed E-state index contributed by atoms with van der Waals surface area (Å²) in [4.78, 5) is 32.0. The zero-order valence-corrected chi connectivity index (χ0v) is 27.4. The molecule has 12 nitrogen and oxygen atoms in total. The number of rotatable bonds is 11. The summed E-state index contributed by atoms with van der Waals surface area (Å²) in [6.07, 6.45) is 3.05. The summed E-state index contributed by atoms with van der Waals surface area (Å²) in [5.41, 5.74) is 4.98. The Labute approximate surface area is 282 Å². The van der Waals surface area contributed by atoms with Gasteiger partial charge in [0.05, 0.1) is 60.3 Å². The number of amides is 1. The van der Waals surface area contributed by atoms with Crippen LogP contribution in [0, 0.1) is 0 Å². The van der Waals surface area contributed by atoms with Crippen LogP contribution < -0.4 is 20.1 Å². The summed E-state index contributed by atoms with van der Waals surface area (Å²) in [7, 11) is 3.07. The van der Waals surface area contributed by atoms with E-state index < -0.39 is 12.2 Å². The van der Waals surface area contributed by atoms with Gasteiger partial charge in [-0.1, -0.05) is 59.6 Å². The maximum atomic E-state index is 11.5. The van der Waals surface area contributed by atoms with Crippen LogP contribution in [-0.2, 0) is 17.9 Å². The van der Waals surface area contributed by atoms with Gasteiger partial charge in [-0.25, -0.2) is 9.97 Å². The highest BCUT2D eigenvalue weighted by Crippen LogP contribution is 2.42. The fourth-order valence-corrected chi connectivity index (χ4v) is 6.52. The second-order valence-corrected chi connectivity index (χ2v) is 12.3. The number of likely N-dealkylation sites (tertiary alicyclic amines) is 1. The number of hydrogen-bond donors (Lipinski definition) is 4. The van der Waals surface area contributed by atoms with Crippen LogP contribution in [0.2, 0.25) is 10.0 Å². The molecule has 47 heavy (non-hydrogen) atoms. The molecule has 0 spiro atoms. The number of ether oxygens (including phenoxy) is 2. The van der Waals surface area contributed by atoms with Crippen molar-refractivity contribution in [2.75, 3.05) is 33.9 Å². The molecule has 2 aliphatic heterocycles. The summed E-state index contributed by atoms with van der Waals surface area (Å²) < 4.78 is 11.1. The number of aliphatic hydroxyl groups excluding tert-OH is 2. The third-order valence-electron chi connectivity index (χ3n) is 8.33. The minimum Gasteiger partial charge on any atom is -0.480 e. The van der Waals surface area contributed by atoms with Crippen LogP contribution in [0.15, 0.2) is 48.8 Å². The Morgan fingerprint density at radius 2 is 1.40 bits per heavy atom. The monoisotopic (exact) mass is 679 g/mol. The number of halogens is 2. The first-order valence-electron chi connectivity index (χ1n) is 15.2. The number of methoxy groups -OCH3 is 2. The van der Waals surface area contributed by atoms with Gasteiger partial charge >= 0.3 is 0 Å². The molecule has 246 valence electrons. The zero-order chi connectivity index (χ0) is 33.1. The van der Waals surface area contributed by atoms with Crippen molar-refractivity contribution in [2.45, 2.75) is 44.2 Å². The third kappa shape index (κ3) is 7.18. The molecule has 4 N–H and O–H groups in total. The van der Waals surface area contributed by atoms with Gasteiger partial charge in [0.2, 0.25) is 17.7 Å². The van der Waals surface area contributed by atoms with E-state index in [-0.39, 0.29) is 11.9 Å². The molecule has 0 bridgehead atoms. The van der Waals surface area contributed by atoms with Gasteiger partial charge < -0.3 is 30.3 Å². The minimum atomic E-state index is -0.797. The smallest absolute Gasteiger partial charge is 0.237 e. The molecule has 3 atom stereocenters. The molecular weight excluding hydrogens is 645 g/mol. The first-order chi connectivity index (χ1) is 22.7. The van der Waals surface area contributed by atoms with Gasteiger partial charge in [0.25, 0.3) is 0 Å². The van der Waals surface area contributed by atoms with Gasteiger partial charge in [0, 0.05) is 67.4 Å². The molecule has 4 aromatic rings. The summed E-state index contributed by atoms with van der Waals surface area (Å²) in [5.74, 6) is 0.781. The van der Waals surface area contributed by atoms with Gasteiger partial charge in [-0.2, -0.15) is 0 Å². The van der Waals surface area contributed by atoms with E-state index in [1.807, 2.05) is 41.3 Å². The second kappa shape index (κ2) is 14.5. The van der Waals surface area contributed by atoms with Gasteiger partial charge in [-0.15, -0.1) is 0 Å². The Morgan fingerprint density at radius 1 is 0.872 bits per heavy atom. The van der Waals surface area contributed by atoms with Crippen molar-refractivity contribution in [3.63, 3.8) is 0 Å². The summed E-state index contributed by atoms with van der Waals surface area (Å²) in [5, 5.41) is 27.0. The number of nitrogens with one attached hydrogen (secondary N) is 2. The number of aliphatic hydroxyl groups is 2. The maximum Gasteiger partial charge on any atom is 0.237 e. The van der Waals surface area contributed by atoms with Gasteiger partial charge in [0.15, 0.2) is 0 Å². The highest BCUT2D eigenvalue weighted by molar-refractivity contribution is 6.39. The molecule has 0 radical (unpaired) electrons. The molecule has 2 saturated heterocycles. The lowest BCUT2D eigenvalue weighted by Crippen LogP contribution is -2.35. The fourth-order valence-electron chi connectivity index (χ4n) is 5.87. The van der Waals surface area contributed by atoms with Crippen molar-refractivity contribution in [3.05, 3.63) is 70.2 Å². The molecule has 0 saturated carbocycles. The highest BCUT2D eigenvalue weighted by Gasteiger charge is 2.30. The maximum absolute atomic E-state index is 11.5. The Morgan fingerprint density at radius 3 is 1.94 bits per heavy atom. The lowest BCUT2D eigenvalue weighted by Gasteiger charge is -2.17. The Bertz CT molecular complexity index is 1770. The molecule has 1 amide bonds. The molecule has 4 heterocycles. The predicted octanol–water partition coefficient (Wildman–Crippen LogP) is 3.50. The third-order valence-corrected chi connectivity index (χ3v) is 9.14. The van der Waals surface area contributed by atoms with Crippen molar-refractivity contribution in [3.8, 4) is 45.4 Å². The molecule has 14 heteroatoms. The molecular formula is C33H35Cl2N7O5. The van der Waals surface area contributed by atoms with E-state index in [9.17, 15) is 15.0 Å². The van der Waals surface area contributed by atoms with Crippen molar-refractivity contribution in [1.29, 1.82) is 0 Å². The van der Waals surface area contributed by atoms with Crippen LogP contribution in [0.4, 0.5) is 0 Å². The molecule has 2 aromatic carbocycles. The lowest BCUT2D eigenvalue weighted by atomic mass is 9.98. The number of carbonyl (C=O) groups excluding carboxylic acids is 1. The van der Waals surface area contributed by atoms with E-state index >= 15 is 0 Å². The van der Waals surface area contributed by atoms with E-state index in [1.54, 1.807) is 19.5 Å². The second-order valence-electron chi connectivity index (χ2n) is 11.5. The molecule has 0 aliphatic carbocycles. The summed E-state index contributed by atoms with van der Waals surface area (Å²) in [6, 6.07) is 11.3. The zero-order valence-electron chi connectivity index (χ0n) is 25.9. The number of hydrogen-bond acceptors (Lipinski definition) is 11. The molecule has 6 rings (SSSR count). The first kappa shape index (κ1) is 33.0. The Balaban J connectivity index is 1.24. The van der Waals surface area contributed by atoms with Crippen molar-refractivity contribution < 1.29 is 24.5 Å². The van der Waals surface area contributed by atoms with Crippen molar-refractivity contribution in [2.24, 2.45) is 0 Å². The number of benzene rings is 2. The fraction of sp³-hybridized carbons (Fsp3) is 0.364. The number of carbonyl (C=O) groups is 1. The Kier molecular flexibility index (Phi) is 10.2. The predicted molar refractivity (Wildman–Crippen MR) is 177 cm³/mol. The van der Waals surface area contributed by atoms with E-state index in [2.05, 4.69) is 25.6 Å². The van der Waals surface area contributed by atoms with Gasteiger partial charge in [-0.05, 0) is 6.42 Å². The number of aromatic nitrogens is 4. The first-order valence-corrected chi connectivity index (χ1v) is 16.0. The van der Waals surface area contributed by atoms with Crippen LogP contribution in [0.25, 0.3) is 33.6 Å². The summed E-state index contributed by atoms with van der Waals surface area (Å²) >= 11 is 14.0. The molecule has 2 fully saturated rings. The highest BCUT2D eigenvalue weighted by atomic mass is 35.5. The van der Waals surface area contributed by atoms with Crippen LogP contribution in [-0.4, -0.2) is 93.1 Å². The van der Waals surface area contributed by atoms with Gasteiger partial charge in [-0.3, -0.25) is 19.7 Å². The van der Waals surface area contributed by atoms with Crippen LogP contribution in [0.5, 0.6) is 11.8 Å². The average Bonchev–Trinajstić information content (AvgIpc) is 3.64. The van der Waals surface area contributed by atoms with Gasteiger partial charge in [0.1, 0.15) is 11.4 Å². The lowest BCUT2D eigenvalue weighted by molar-refractivity contribution is -0.119. The molecule has 0 unspecified atom stereocenters. The van der Waals surface area contributed by atoms with Crippen LogP contribution >= 0.6 is 23.2 Å². The van der Waals surface area contributed by atoms with Crippen molar-refractivity contribution >= 4 is 29.1 Å². The molecule has 2 aliphatic rings. The van der Waals surface area contributed by atoms with Crippen LogP contribution in [0.3, 0.4) is 0 Å². The van der Waals surface area contributed by atoms with E-state index in [4.69, 9.17) is 37.7 Å². The Hall–Kier alpha value is -3.91. The molecule has 2 aromatic heterocycles.